The number of hydrogen-bond acceptors (Lipinski definition) is 10. The van der Waals surface area contributed by atoms with Crippen LogP contribution in [0.15, 0.2) is 28.8 Å². The monoisotopic (exact) mass is 470 g/mol. The van der Waals surface area contributed by atoms with E-state index in [-0.39, 0.29) is 5.56 Å². The number of piperidine rings is 1. The topological polar surface area (TPSA) is 134 Å². The van der Waals surface area contributed by atoms with Crippen molar-refractivity contribution in [2.75, 3.05) is 38.5 Å². The van der Waals surface area contributed by atoms with Crippen LogP contribution in [0.4, 0.5) is 5.69 Å². The number of aliphatic hydroxyl groups excluding tert-OH is 2. The van der Waals surface area contributed by atoms with Gasteiger partial charge in [0.25, 0.3) is 11.8 Å². The summed E-state index contributed by atoms with van der Waals surface area (Å²) in [5, 5.41) is 25.8. The van der Waals surface area contributed by atoms with E-state index in [1.165, 1.54) is 0 Å². The van der Waals surface area contributed by atoms with E-state index in [0.717, 1.165) is 31.1 Å². The first-order chi connectivity index (χ1) is 16.4. The fraction of sp³-hybridized carbons (Fsp3) is 0.522. The van der Waals surface area contributed by atoms with Crippen molar-refractivity contribution < 1.29 is 24.2 Å². The quantitative estimate of drug-likeness (QED) is 0.428. The number of anilines is 1. The van der Waals surface area contributed by atoms with Crippen molar-refractivity contribution in [2.45, 2.75) is 44.4 Å². The third-order valence-corrected chi connectivity index (χ3v) is 6.75. The number of rotatable bonds is 6. The van der Waals surface area contributed by atoms with Gasteiger partial charge in [0.15, 0.2) is 0 Å². The van der Waals surface area contributed by atoms with E-state index in [4.69, 9.17) is 4.42 Å². The predicted octanol–water partition coefficient (Wildman–Crippen LogP) is 0.0189. The number of nitrogens with one attached hydrogen (secondary N) is 2. The molecule has 1 aromatic carbocycles. The van der Waals surface area contributed by atoms with Crippen LogP contribution in [0.2, 0.25) is 0 Å². The first-order valence-electron chi connectivity index (χ1n) is 11.6. The van der Waals surface area contributed by atoms with Gasteiger partial charge in [-0.15, -0.1) is 0 Å². The molecule has 0 radical (unpaired) electrons. The maximum absolute atomic E-state index is 13.2. The van der Waals surface area contributed by atoms with Crippen LogP contribution in [0.3, 0.4) is 0 Å². The molecule has 2 amide bonds. The Morgan fingerprint density at radius 3 is 2.71 bits per heavy atom. The summed E-state index contributed by atoms with van der Waals surface area (Å²) in [6.45, 7) is 4.95. The predicted molar refractivity (Wildman–Crippen MR) is 122 cm³/mol. The second-order valence-electron chi connectivity index (χ2n) is 9.13. The summed E-state index contributed by atoms with van der Waals surface area (Å²) in [7, 11) is 2.11. The van der Waals surface area contributed by atoms with Gasteiger partial charge < -0.3 is 24.8 Å². The molecule has 3 unspecified atom stereocenters. The van der Waals surface area contributed by atoms with Gasteiger partial charge in [0.2, 0.25) is 5.89 Å². The van der Waals surface area contributed by atoms with E-state index < -0.39 is 30.3 Å². The van der Waals surface area contributed by atoms with Gasteiger partial charge in [-0.25, -0.2) is 4.98 Å². The molecule has 3 aliphatic rings. The van der Waals surface area contributed by atoms with Gasteiger partial charge in [-0.1, -0.05) is 6.07 Å². The molecule has 4 heterocycles. The Kier molecular flexibility index (Phi) is 6.36. The summed E-state index contributed by atoms with van der Waals surface area (Å²) in [6.07, 6.45) is 0.285. The molecule has 4 N–H and O–H groups in total. The number of carbonyl (C=O) groups is 2. The van der Waals surface area contributed by atoms with Gasteiger partial charge in [0.1, 0.15) is 18.2 Å². The molecule has 3 aliphatic heterocycles. The molecule has 11 heteroatoms. The van der Waals surface area contributed by atoms with E-state index in [1.54, 1.807) is 24.4 Å². The smallest absolute Gasteiger partial charge is 0.264 e. The van der Waals surface area contributed by atoms with Crippen molar-refractivity contribution in [1.29, 1.82) is 0 Å². The molecule has 2 fully saturated rings. The maximum atomic E-state index is 13.2. The second kappa shape index (κ2) is 9.43. The Labute approximate surface area is 197 Å². The minimum Gasteiger partial charge on any atom is -0.442 e. The summed E-state index contributed by atoms with van der Waals surface area (Å²) in [4.78, 5) is 36.3. The molecular formula is C23H30N6O5. The number of imide groups is 1. The zero-order valence-electron chi connectivity index (χ0n) is 19.1. The molecule has 2 aromatic rings. The highest BCUT2D eigenvalue weighted by atomic mass is 16.4. The van der Waals surface area contributed by atoms with Crippen LogP contribution in [0, 0.1) is 0 Å². The minimum absolute atomic E-state index is 0.281. The highest BCUT2D eigenvalue weighted by Gasteiger charge is 2.45. The fourth-order valence-corrected chi connectivity index (χ4v) is 4.78. The Bertz CT molecular complexity index is 1070. The second-order valence-corrected chi connectivity index (χ2v) is 9.13. The van der Waals surface area contributed by atoms with E-state index >= 15 is 0 Å². The molecule has 2 saturated heterocycles. The van der Waals surface area contributed by atoms with Crippen LogP contribution < -0.4 is 10.6 Å². The molecule has 0 aliphatic carbocycles. The number of likely N-dealkylation sites (N-methyl/N-ethyl adjacent to an activating group) is 1. The van der Waals surface area contributed by atoms with Crippen LogP contribution in [-0.2, 0) is 13.1 Å². The SMILES string of the molecule is CN1CCN(Cc2ncc(CNc3cccc4c3C(=O)N(C3CCC(O)NC3O)C4=O)o2)CC1. The first kappa shape index (κ1) is 22.9. The minimum atomic E-state index is -1.18. The summed E-state index contributed by atoms with van der Waals surface area (Å²) in [5.74, 6) is 0.382. The largest absolute Gasteiger partial charge is 0.442 e. The Hall–Kier alpha value is -2.83. The van der Waals surface area contributed by atoms with Crippen LogP contribution in [0.1, 0.15) is 45.2 Å². The molecule has 5 rings (SSSR count). The van der Waals surface area contributed by atoms with Crippen LogP contribution in [-0.4, -0.2) is 93.4 Å². The Morgan fingerprint density at radius 1 is 1.15 bits per heavy atom. The molecule has 182 valence electrons. The van der Waals surface area contributed by atoms with Gasteiger partial charge in [0, 0.05) is 31.9 Å². The summed E-state index contributed by atoms with van der Waals surface area (Å²) in [6, 6.07) is 4.33. The lowest BCUT2D eigenvalue weighted by atomic mass is 10.0. The number of piperazine rings is 1. The number of hydrogen-bond donors (Lipinski definition) is 4. The van der Waals surface area contributed by atoms with Crippen LogP contribution in [0.5, 0.6) is 0 Å². The van der Waals surface area contributed by atoms with Crippen molar-refractivity contribution >= 4 is 17.5 Å². The van der Waals surface area contributed by atoms with Crippen molar-refractivity contribution in [3.8, 4) is 0 Å². The van der Waals surface area contributed by atoms with E-state index in [2.05, 4.69) is 32.5 Å². The molecule has 3 atom stereocenters. The zero-order valence-corrected chi connectivity index (χ0v) is 19.1. The molecule has 11 nitrogen and oxygen atoms in total. The fourth-order valence-electron chi connectivity index (χ4n) is 4.78. The molecular weight excluding hydrogens is 440 g/mol. The van der Waals surface area contributed by atoms with E-state index in [9.17, 15) is 19.8 Å². The Balaban J connectivity index is 1.26. The average Bonchev–Trinajstić information content (AvgIpc) is 3.37. The van der Waals surface area contributed by atoms with Gasteiger partial charge in [0.05, 0.1) is 36.5 Å². The number of aromatic nitrogens is 1. The standard InChI is InChI=1S/C23H30N6O5/c1-27-7-9-28(10-8-27)13-19-25-12-14(34-19)11-24-16-4-2-3-15-20(16)23(33)29(22(15)32)17-5-6-18(30)26-21(17)31/h2-4,12,17-18,21,24,26,30-31H,5-11,13H2,1H3. The molecule has 0 saturated carbocycles. The number of amides is 2. The van der Waals surface area contributed by atoms with Crippen molar-refractivity contribution in [2.24, 2.45) is 0 Å². The summed E-state index contributed by atoms with van der Waals surface area (Å²) in [5.41, 5.74) is 1.10. The number of nitrogens with zero attached hydrogens (tertiary/aromatic N) is 4. The van der Waals surface area contributed by atoms with Gasteiger partial charge >= 0.3 is 0 Å². The first-order valence-corrected chi connectivity index (χ1v) is 11.6. The number of aliphatic hydroxyl groups is 2. The molecule has 0 spiro atoms. The van der Waals surface area contributed by atoms with E-state index in [0.29, 0.717) is 48.8 Å². The third-order valence-electron chi connectivity index (χ3n) is 6.75. The lowest BCUT2D eigenvalue weighted by Crippen LogP contribution is -2.58. The normalized spacial score (nSPS) is 26.2. The van der Waals surface area contributed by atoms with Gasteiger partial charge in [-0.3, -0.25) is 24.7 Å². The summed E-state index contributed by atoms with van der Waals surface area (Å²) < 4.78 is 5.89. The molecule has 1 aromatic heterocycles. The average molecular weight is 471 g/mol. The number of benzene rings is 1. The van der Waals surface area contributed by atoms with Gasteiger partial charge in [-0.05, 0) is 32.0 Å². The van der Waals surface area contributed by atoms with Crippen LogP contribution in [0.25, 0.3) is 0 Å². The van der Waals surface area contributed by atoms with Crippen molar-refractivity contribution in [1.82, 2.24) is 25.0 Å². The lowest BCUT2D eigenvalue weighted by Gasteiger charge is -2.36. The van der Waals surface area contributed by atoms with Crippen molar-refractivity contribution in [3.63, 3.8) is 0 Å². The number of oxazole rings is 1. The zero-order chi connectivity index (χ0) is 23.8. The van der Waals surface area contributed by atoms with Gasteiger partial charge in [-0.2, -0.15) is 0 Å². The van der Waals surface area contributed by atoms with E-state index in [1.807, 2.05) is 0 Å². The number of fused-ring (bicyclic) bond motifs is 1. The highest BCUT2D eigenvalue weighted by Crippen LogP contribution is 2.33. The van der Waals surface area contributed by atoms with Crippen LogP contribution >= 0.6 is 0 Å². The Morgan fingerprint density at radius 2 is 1.94 bits per heavy atom. The summed E-state index contributed by atoms with van der Waals surface area (Å²) >= 11 is 0. The number of carbonyl (C=O) groups excluding carboxylic acids is 2. The third kappa shape index (κ3) is 4.44. The maximum Gasteiger partial charge on any atom is 0.264 e. The highest BCUT2D eigenvalue weighted by molar-refractivity contribution is 6.24. The molecule has 34 heavy (non-hydrogen) atoms. The molecule has 0 bridgehead atoms. The van der Waals surface area contributed by atoms with Crippen molar-refractivity contribution in [3.05, 3.63) is 47.2 Å². The lowest BCUT2D eigenvalue weighted by molar-refractivity contribution is -0.0413.